The number of nitriles is 3. The van der Waals surface area contributed by atoms with Gasteiger partial charge in [-0.05, 0) is 30.2 Å². The monoisotopic (exact) mass is 433 g/mol. The summed E-state index contributed by atoms with van der Waals surface area (Å²) in [5.74, 6) is -0.113. The number of methoxy groups -OCH3 is 2. The lowest BCUT2D eigenvalue weighted by Gasteiger charge is -2.44. The van der Waals surface area contributed by atoms with Crippen molar-refractivity contribution in [2.45, 2.75) is 12.8 Å². The smallest absolute Gasteiger partial charge is 0.409 e. The zero-order valence-electron chi connectivity index (χ0n) is 18.1. The number of fused-ring (bicyclic) bond motifs is 1. The van der Waals surface area contributed by atoms with Crippen LogP contribution in [0.2, 0.25) is 0 Å². The second-order valence-electron chi connectivity index (χ2n) is 7.37. The molecular formula is C23H23N5O4. The molecule has 2 aliphatic rings. The Morgan fingerprint density at radius 2 is 1.97 bits per heavy atom. The second kappa shape index (κ2) is 8.91. The van der Waals surface area contributed by atoms with Gasteiger partial charge in [0.15, 0.2) is 11.5 Å². The Kier molecular flexibility index (Phi) is 6.27. The summed E-state index contributed by atoms with van der Waals surface area (Å²) in [5.41, 5.74) is 5.74. The molecule has 1 amide bonds. The highest BCUT2D eigenvalue weighted by molar-refractivity contribution is 5.69. The van der Waals surface area contributed by atoms with Crippen LogP contribution in [0.1, 0.15) is 18.4 Å². The quantitative estimate of drug-likeness (QED) is 0.713. The molecule has 9 nitrogen and oxygen atoms in total. The maximum atomic E-state index is 12.2. The van der Waals surface area contributed by atoms with Crippen molar-refractivity contribution in [1.82, 2.24) is 4.90 Å². The summed E-state index contributed by atoms with van der Waals surface area (Å²) < 4.78 is 15.9. The van der Waals surface area contributed by atoms with Crippen LogP contribution in [-0.2, 0) is 4.74 Å². The van der Waals surface area contributed by atoms with Crippen LogP contribution in [-0.4, -0.2) is 44.9 Å². The number of benzene rings is 1. The molecule has 0 aromatic heterocycles. The van der Waals surface area contributed by atoms with E-state index in [-0.39, 0.29) is 24.4 Å². The van der Waals surface area contributed by atoms with Gasteiger partial charge >= 0.3 is 6.09 Å². The van der Waals surface area contributed by atoms with Gasteiger partial charge in [-0.3, -0.25) is 0 Å². The van der Waals surface area contributed by atoms with Gasteiger partial charge in [-0.25, -0.2) is 4.79 Å². The fourth-order valence-electron chi connectivity index (χ4n) is 4.45. The second-order valence-corrected chi connectivity index (χ2v) is 7.37. The number of amides is 1. The third-order valence-corrected chi connectivity index (χ3v) is 5.92. The first-order valence-corrected chi connectivity index (χ1v) is 9.99. The van der Waals surface area contributed by atoms with E-state index < -0.39 is 23.3 Å². The summed E-state index contributed by atoms with van der Waals surface area (Å²) in [6, 6.07) is 11.4. The van der Waals surface area contributed by atoms with Crippen molar-refractivity contribution in [3.63, 3.8) is 0 Å². The number of nitrogens with zero attached hydrogens (tertiary/aromatic N) is 4. The molecule has 1 aromatic carbocycles. The molecule has 9 heteroatoms. The molecule has 2 atom stereocenters. The van der Waals surface area contributed by atoms with Gasteiger partial charge in [0, 0.05) is 24.9 Å². The number of carbonyl (C=O) groups is 1. The number of rotatable bonds is 4. The lowest BCUT2D eigenvalue weighted by Crippen LogP contribution is -2.48. The lowest BCUT2D eigenvalue weighted by atomic mass is 9.60. The van der Waals surface area contributed by atoms with E-state index in [1.807, 2.05) is 19.1 Å². The maximum absolute atomic E-state index is 12.2. The predicted molar refractivity (Wildman–Crippen MR) is 113 cm³/mol. The summed E-state index contributed by atoms with van der Waals surface area (Å²) in [6.07, 6.45) is 1.13. The molecule has 0 saturated heterocycles. The van der Waals surface area contributed by atoms with E-state index in [9.17, 15) is 20.6 Å². The average Bonchev–Trinajstić information content (AvgIpc) is 2.83. The number of hydrogen-bond acceptors (Lipinski definition) is 8. The van der Waals surface area contributed by atoms with Crippen LogP contribution in [0.3, 0.4) is 0 Å². The third kappa shape index (κ3) is 3.36. The Balaban J connectivity index is 2.25. The van der Waals surface area contributed by atoms with Crippen molar-refractivity contribution in [3.8, 4) is 29.7 Å². The fourth-order valence-corrected chi connectivity index (χ4v) is 4.45. The van der Waals surface area contributed by atoms with Gasteiger partial charge in [-0.2, -0.15) is 15.8 Å². The summed E-state index contributed by atoms with van der Waals surface area (Å²) >= 11 is 0. The minimum absolute atomic E-state index is 0.0862. The SMILES string of the molecule is CCOc1ccc([C@H]2C(C#N)=C(N)C(C#N)(C#N)C3=CCN(C(=O)OC)C[C@@H]32)cc1OC. The highest BCUT2D eigenvalue weighted by Gasteiger charge is 2.53. The van der Waals surface area contributed by atoms with E-state index in [4.69, 9.17) is 19.9 Å². The molecule has 1 heterocycles. The number of nitrogens with two attached hydrogens (primary N) is 1. The Bertz CT molecular complexity index is 1100. The average molecular weight is 433 g/mol. The van der Waals surface area contributed by atoms with Crippen molar-refractivity contribution in [1.29, 1.82) is 15.8 Å². The van der Waals surface area contributed by atoms with Crippen LogP contribution in [0.15, 0.2) is 41.1 Å². The van der Waals surface area contributed by atoms with Gasteiger partial charge in [0.2, 0.25) is 5.41 Å². The lowest BCUT2D eigenvalue weighted by molar-refractivity contribution is 0.117. The molecular weight excluding hydrogens is 410 g/mol. The zero-order valence-corrected chi connectivity index (χ0v) is 18.1. The number of allylic oxidation sites excluding steroid dienone is 2. The van der Waals surface area contributed by atoms with Gasteiger partial charge in [-0.15, -0.1) is 0 Å². The summed E-state index contributed by atoms with van der Waals surface area (Å²) in [4.78, 5) is 13.7. The van der Waals surface area contributed by atoms with Crippen LogP contribution in [0.4, 0.5) is 4.79 Å². The number of hydrogen-bond donors (Lipinski definition) is 1. The minimum atomic E-state index is -1.77. The Morgan fingerprint density at radius 1 is 1.25 bits per heavy atom. The minimum Gasteiger partial charge on any atom is -0.493 e. The Hall–Kier alpha value is -4.16. The van der Waals surface area contributed by atoms with Crippen LogP contribution < -0.4 is 15.2 Å². The van der Waals surface area contributed by atoms with E-state index in [0.717, 1.165) is 0 Å². The van der Waals surface area contributed by atoms with Gasteiger partial charge < -0.3 is 24.8 Å². The summed E-state index contributed by atoms with van der Waals surface area (Å²) in [5, 5.41) is 29.9. The number of ether oxygens (including phenoxy) is 3. The largest absolute Gasteiger partial charge is 0.493 e. The van der Waals surface area contributed by atoms with Crippen molar-refractivity contribution >= 4 is 6.09 Å². The fraction of sp³-hybridized carbons (Fsp3) is 0.391. The van der Waals surface area contributed by atoms with Crippen LogP contribution in [0.25, 0.3) is 0 Å². The highest BCUT2D eigenvalue weighted by Crippen LogP contribution is 2.53. The molecule has 0 spiro atoms. The van der Waals surface area contributed by atoms with Gasteiger partial charge in [0.1, 0.15) is 0 Å². The molecule has 164 valence electrons. The van der Waals surface area contributed by atoms with Crippen molar-refractivity contribution in [2.24, 2.45) is 17.1 Å². The van der Waals surface area contributed by atoms with Gasteiger partial charge in [0.05, 0.1) is 50.3 Å². The van der Waals surface area contributed by atoms with Crippen molar-refractivity contribution < 1.29 is 19.0 Å². The third-order valence-electron chi connectivity index (χ3n) is 5.92. The zero-order chi connectivity index (χ0) is 23.5. The van der Waals surface area contributed by atoms with Gasteiger partial charge in [0.25, 0.3) is 0 Å². The molecule has 1 aliphatic heterocycles. The molecule has 2 N–H and O–H groups in total. The van der Waals surface area contributed by atoms with E-state index in [1.54, 1.807) is 24.3 Å². The van der Waals surface area contributed by atoms with E-state index in [0.29, 0.717) is 29.2 Å². The predicted octanol–water partition coefficient (Wildman–Crippen LogP) is 2.59. The molecule has 0 fully saturated rings. The van der Waals surface area contributed by atoms with E-state index in [2.05, 4.69) is 6.07 Å². The highest BCUT2D eigenvalue weighted by atomic mass is 16.5. The normalized spacial score (nSPS) is 21.2. The first-order chi connectivity index (χ1) is 15.4. The molecule has 0 radical (unpaired) electrons. The molecule has 1 aliphatic carbocycles. The topological polar surface area (TPSA) is 145 Å². The molecule has 0 saturated carbocycles. The molecule has 32 heavy (non-hydrogen) atoms. The van der Waals surface area contributed by atoms with E-state index in [1.165, 1.54) is 19.1 Å². The van der Waals surface area contributed by atoms with Crippen molar-refractivity contribution in [3.05, 3.63) is 46.7 Å². The standard InChI is InChI=1S/C23H23N5O4/c1-4-32-18-6-5-14(9-19(18)30-2)20-15(10-24)21(27)23(12-25,13-26)17-7-8-28(11-16(17)20)22(29)31-3/h5-7,9,16,20H,4,8,11,27H2,1-3H3/t16-,20-/m0/s1. The first kappa shape index (κ1) is 22.5. The Morgan fingerprint density at radius 3 is 2.53 bits per heavy atom. The van der Waals surface area contributed by atoms with Crippen LogP contribution >= 0.6 is 0 Å². The Labute approximate surface area is 186 Å². The maximum Gasteiger partial charge on any atom is 0.409 e. The molecule has 0 unspecified atom stereocenters. The molecule has 1 aromatic rings. The molecule has 0 bridgehead atoms. The number of carbonyl (C=O) groups excluding carboxylic acids is 1. The van der Waals surface area contributed by atoms with Crippen molar-refractivity contribution in [2.75, 3.05) is 33.9 Å². The summed E-state index contributed by atoms with van der Waals surface area (Å²) in [7, 11) is 2.80. The van der Waals surface area contributed by atoms with Crippen LogP contribution in [0, 0.1) is 45.3 Å². The summed E-state index contributed by atoms with van der Waals surface area (Å²) in [6.45, 7) is 2.63. The van der Waals surface area contributed by atoms with Crippen LogP contribution in [0.5, 0.6) is 11.5 Å². The van der Waals surface area contributed by atoms with E-state index >= 15 is 0 Å². The molecule has 3 rings (SSSR count). The van der Waals surface area contributed by atoms with Gasteiger partial charge in [-0.1, -0.05) is 12.1 Å². The first-order valence-electron chi connectivity index (χ1n) is 9.99.